The average molecular weight is 123 g/mol. The molecule has 1 fully saturated rings. The second-order valence-electron chi connectivity index (χ2n) is 2.59. The van der Waals surface area contributed by atoms with Crippen LogP contribution in [0.2, 0.25) is 0 Å². The molecule has 0 saturated heterocycles. The van der Waals surface area contributed by atoms with E-state index in [2.05, 4.69) is 0 Å². The lowest BCUT2D eigenvalue weighted by atomic mass is 10.00. The van der Waals surface area contributed by atoms with Gasteiger partial charge >= 0.3 is 0 Å². The minimum absolute atomic E-state index is 0.130. The number of nitrogens with zero attached hydrogens (tertiary/aromatic N) is 1. The van der Waals surface area contributed by atoms with E-state index in [0.29, 0.717) is 12.3 Å². The summed E-state index contributed by atoms with van der Waals surface area (Å²) >= 11 is 0. The first kappa shape index (κ1) is 6.28. The topological polar surface area (TPSA) is 40.9 Å². The Morgan fingerprint density at radius 3 is 2.67 bits per heavy atom. The Hall–Kier alpha value is -0.840. The van der Waals surface area contributed by atoms with E-state index in [0.717, 1.165) is 6.42 Å². The number of ketones is 1. The number of carbonyl (C=O) groups is 1. The maximum absolute atomic E-state index is 10.8. The first-order chi connectivity index (χ1) is 4.25. The van der Waals surface area contributed by atoms with Crippen LogP contribution in [0.3, 0.4) is 0 Å². The molecule has 2 nitrogen and oxygen atoms in total. The minimum atomic E-state index is -0.301. The molecule has 2 heteroatoms. The molecule has 0 bridgehead atoms. The zero-order valence-electron chi connectivity index (χ0n) is 5.42. The number of nitriles is 1. The smallest absolute Gasteiger partial charge is 0.150 e. The molecule has 2 atom stereocenters. The normalized spacial score (nSPS) is 34.4. The van der Waals surface area contributed by atoms with E-state index in [9.17, 15) is 4.79 Å². The van der Waals surface area contributed by atoms with Crippen LogP contribution < -0.4 is 0 Å². The fourth-order valence-corrected chi connectivity index (χ4v) is 1.21. The molecular weight excluding hydrogens is 114 g/mol. The minimum Gasteiger partial charge on any atom is -0.298 e. The van der Waals surface area contributed by atoms with Crippen molar-refractivity contribution >= 4 is 5.78 Å². The third-order valence-electron chi connectivity index (χ3n) is 1.90. The van der Waals surface area contributed by atoms with Gasteiger partial charge < -0.3 is 0 Å². The zero-order valence-corrected chi connectivity index (χ0v) is 5.42. The summed E-state index contributed by atoms with van der Waals surface area (Å²) in [4.78, 5) is 10.8. The maximum Gasteiger partial charge on any atom is 0.150 e. The molecule has 1 saturated carbocycles. The van der Waals surface area contributed by atoms with Crippen LogP contribution in [0.4, 0.5) is 0 Å². The van der Waals surface area contributed by atoms with Gasteiger partial charge in [0.15, 0.2) is 0 Å². The third-order valence-corrected chi connectivity index (χ3v) is 1.90. The Balaban J connectivity index is 2.69. The molecule has 1 aliphatic carbocycles. The largest absolute Gasteiger partial charge is 0.298 e. The molecule has 0 N–H and O–H groups in total. The predicted octanol–water partition coefficient (Wildman–Crippen LogP) is 1.13. The Kier molecular flexibility index (Phi) is 1.52. The molecule has 0 aromatic heterocycles. The predicted molar refractivity (Wildman–Crippen MR) is 32.5 cm³/mol. The van der Waals surface area contributed by atoms with Crippen molar-refractivity contribution in [2.75, 3.05) is 0 Å². The lowest BCUT2D eigenvalue weighted by molar-refractivity contribution is -0.119. The highest BCUT2D eigenvalue weighted by Gasteiger charge is 2.30. The van der Waals surface area contributed by atoms with Crippen LogP contribution in [0.25, 0.3) is 0 Å². The van der Waals surface area contributed by atoms with Gasteiger partial charge in [-0.3, -0.25) is 4.79 Å². The van der Waals surface area contributed by atoms with Gasteiger partial charge in [-0.2, -0.15) is 5.26 Å². The molecule has 9 heavy (non-hydrogen) atoms. The van der Waals surface area contributed by atoms with Gasteiger partial charge in [-0.05, 0) is 12.3 Å². The van der Waals surface area contributed by atoms with Crippen molar-refractivity contribution in [1.82, 2.24) is 0 Å². The molecule has 0 amide bonds. The van der Waals surface area contributed by atoms with E-state index in [1.807, 2.05) is 13.0 Å². The van der Waals surface area contributed by atoms with E-state index in [1.54, 1.807) is 0 Å². The van der Waals surface area contributed by atoms with Crippen molar-refractivity contribution < 1.29 is 4.79 Å². The summed E-state index contributed by atoms with van der Waals surface area (Å²) in [6, 6.07) is 2.01. The molecular formula is C7H9NO. The van der Waals surface area contributed by atoms with Crippen LogP contribution in [0.15, 0.2) is 0 Å². The van der Waals surface area contributed by atoms with E-state index in [1.165, 1.54) is 0 Å². The molecule has 0 radical (unpaired) electrons. The maximum atomic E-state index is 10.8. The van der Waals surface area contributed by atoms with E-state index in [-0.39, 0.29) is 11.7 Å². The van der Waals surface area contributed by atoms with Crippen molar-refractivity contribution in [1.29, 1.82) is 5.26 Å². The number of hydrogen-bond acceptors (Lipinski definition) is 2. The van der Waals surface area contributed by atoms with Crippen LogP contribution in [0.1, 0.15) is 19.8 Å². The summed E-state index contributed by atoms with van der Waals surface area (Å²) in [7, 11) is 0. The molecule has 0 aliphatic heterocycles. The second kappa shape index (κ2) is 2.18. The van der Waals surface area contributed by atoms with Gasteiger partial charge in [0.25, 0.3) is 0 Å². The van der Waals surface area contributed by atoms with Crippen LogP contribution in [-0.4, -0.2) is 5.78 Å². The molecule has 0 spiro atoms. The van der Waals surface area contributed by atoms with Gasteiger partial charge in [-0.25, -0.2) is 0 Å². The molecule has 1 rings (SSSR count). The van der Waals surface area contributed by atoms with Crippen LogP contribution >= 0.6 is 0 Å². The quantitative estimate of drug-likeness (QED) is 0.484. The Labute approximate surface area is 54.5 Å². The van der Waals surface area contributed by atoms with Crippen molar-refractivity contribution in [2.24, 2.45) is 11.8 Å². The molecule has 0 aromatic carbocycles. The van der Waals surface area contributed by atoms with Crippen molar-refractivity contribution in [2.45, 2.75) is 19.8 Å². The first-order valence-corrected chi connectivity index (χ1v) is 3.18. The zero-order chi connectivity index (χ0) is 6.85. The lowest BCUT2D eigenvalue weighted by Crippen LogP contribution is -2.08. The molecule has 48 valence electrons. The summed E-state index contributed by atoms with van der Waals surface area (Å²) in [6.45, 7) is 1.96. The van der Waals surface area contributed by atoms with Crippen LogP contribution in [-0.2, 0) is 4.79 Å². The Morgan fingerprint density at radius 2 is 2.44 bits per heavy atom. The van der Waals surface area contributed by atoms with Gasteiger partial charge in [0.05, 0.1) is 6.07 Å². The third kappa shape index (κ3) is 0.951. The number of Topliss-reactive ketones (excluding diaryl/α,β-unsaturated/α-hetero) is 1. The number of carbonyl (C=O) groups excluding carboxylic acids is 1. The number of hydrogen-bond donors (Lipinski definition) is 0. The number of rotatable bonds is 0. The lowest BCUT2D eigenvalue weighted by Gasteiger charge is -2.00. The highest BCUT2D eigenvalue weighted by atomic mass is 16.1. The van der Waals surface area contributed by atoms with Crippen LogP contribution in [0, 0.1) is 23.2 Å². The molecule has 2 unspecified atom stereocenters. The van der Waals surface area contributed by atoms with Crippen molar-refractivity contribution in [3.05, 3.63) is 0 Å². The van der Waals surface area contributed by atoms with E-state index in [4.69, 9.17) is 5.26 Å². The van der Waals surface area contributed by atoms with Crippen molar-refractivity contribution in [3.8, 4) is 6.07 Å². The van der Waals surface area contributed by atoms with Crippen LogP contribution in [0.5, 0.6) is 0 Å². The second-order valence-corrected chi connectivity index (χ2v) is 2.59. The Morgan fingerprint density at radius 1 is 1.78 bits per heavy atom. The summed E-state index contributed by atoms with van der Waals surface area (Å²) in [6.07, 6.45) is 1.51. The highest BCUT2D eigenvalue weighted by Crippen LogP contribution is 2.26. The fourth-order valence-electron chi connectivity index (χ4n) is 1.21. The summed E-state index contributed by atoms with van der Waals surface area (Å²) < 4.78 is 0. The SMILES string of the molecule is CC1CCC(=O)C1C#N. The fraction of sp³-hybridized carbons (Fsp3) is 0.714. The summed E-state index contributed by atoms with van der Waals surface area (Å²) in [5.74, 6) is 0.123. The monoisotopic (exact) mass is 123 g/mol. The highest BCUT2D eigenvalue weighted by molar-refractivity contribution is 5.85. The summed E-state index contributed by atoms with van der Waals surface area (Å²) in [5, 5.41) is 8.44. The molecule has 0 heterocycles. The van der Waals surface area contributed by atoms with Gasteiger partial charge in [0.1, 0.15) is 11.7 Å². The summed E-state index contributed by atoms with van der Waals surface area (Å²) in [5.41, 5.74) is 0. The van der Waals surface area contributed by atoms with E-state index < -0.39 is 0 Å². The van der Waals surface area contributed by atoms with Gasteiger partial charge in [-0.1, -0.05) is 6.92 Å². The standard InChI is InChI=1S/C7H9NO/c1-5-2-3-7(9)6(5)4-8/h5-6H,2-3H2,1H3. The Bertz CT molecular complexity index is 168. The van der Waals surface area contributed by atoms with Gasteiger partial charge in [0, 0.05) is 6.42 Å². The van der Waals surface area contributed by atoms with Gasteiger partial charge in [-0.15, -0.1) is 0 Å². The molecule has 1 aliphatic rings. The average Bonchev–Trinajstić information content (AvgIpc) is 2.12. The van der Waals surface area contributed by atoms with Crippen molar-refractivity contribution in [3.63, 3.8) is 0 Å². The van der Waals surface area contributed by atoms with Gasteiger partial charge in [0.2, 0.25) is 0 Å². The molecule has 0 aromatic rings. The van der Waals surface area contributed by atoms with E-state index >= 15 is 0 Å². The first-order valence-electron chi connectivity index (χ1n) is 3.18.